The van der Waals surface area contributed by atoms with Gasteiger partial charge in [-0.25, -0.2) is 9.78 Å². The number of aryl methyl sites for hydroxylation is 1. The number of carbonyl (C=O) groups is 2. The molecule has 9 nitrogen and oxygen atoms in total. The summed E-state index contributed by atoms with van der Waals surface area (Å²) in [5.74, 6) is 1.27. The predicted octanol–water partition coefficient (Wildman–Crippen LogP) is 4.71. The highest BCUT2D eigenvalue weighted by atomic mass is 16.6. The maximum absolute atomic E-state index is 13.2. The molecule has 212 valence electrons. The number of aliphatic hydroxyl groups is 1. The fourth-order valence-electron chi connectivity index (χ4n) is 5.48. The fourth-order valence-corrected chi connectivity index (χ4v) is 5.48. The van der Waals surface area contributed by atoms with Crippen LogP contribution in [0.2, 0.25) is 0 Å². The Hall–Kier alpha value is -3.33. The van der Waals surface area contributed by atoms with Crippen LogP contribution in [0.5, 0.6) is 0 Å². The zero-order valence-electron chi connectivity index (χ0n) is 24.2. The second-order valence-electron chi connectivity index (χ2n) is 11.9. The van der Waals surface area contributed by atoms with Crippen LogP contribution in [-0.4, -0.2) is 65.0 Å². The molecule has 4 atom stereocenters. The van der Waals surface area contributed by atoms with E-state index in [1.807, 2.05) is 71.0 Å². The summed E-state index contributed by atoms with van der Waals surface area (Å²) in [6.07, 6.45) is 1.22. The SMILES string of the molecule is Cc1cccc(N[C@H]2c3cc(C(=O)NCCN(C)C(=O)OC(C)(C)C)ccc3N(C(C)O)[C@@H](C3CC3)[C@@H]2C)n1. The number of ether oxygens (including phenoxy) is 1. The minimum Gasteiger partial charge on any atom is -0.444 e. The number of hydrogen-bond acceptors (Lipinski definition) is 7. The van der Waals surface area contributed by atoms with Crippen LogP contribution in [0.1, 0.15) is 75.1 Å². The first-order valence-corrected chi connectivity index (χ1v) is 13.9. The first-order chi connectivity index (χ1) is 18.4. The molecule has 1 aliphatic carbocycles. The van der Waals surface area contributed by atoms with Crippen LogP contribution in [-0.2, 0) is 4.74 Å². The van der Waals surface area contributed by atoms with Gasteiger partial charge in [0.2, 0.25) is 0 Å². The third kappa shape index (κ3) is 6.82. The van der Waals surface area contributed by atoms with Gasteiger partial charge in [-0.3, -0.25) is 4.79 Å². The monoisotopic (exact) mass is 537 g/mol. The topological polar surface area (TPSA) is 107 Å². The van der Waals surface area contributed by atoms with Crippen LogP contribution >= 0.6 is 0 Å². The van der Waals surface area contributed by atoms with E-state index in [0.717, 1.165) is 35.6 Å². The molecule has 0 bridgehead atoms. The molecule has 0 radical (unpaired) electrons. The molecular weight excluding hydrogens is 494 g/mol. The van der Waals surface area contributed by atoms with Crippen molar-refractivity contribution in [3.8, 4) is 0 Å². The van der Waals surface area contributed by atoms with Gasteiger partial charge in [0.15, 0.2) is 0 Å². The molecule has 2 aromatic rings. The first-order valence-electron chi connectivity index (χ1n) is 13.9. The number of pyridine rings is 1. The summed E-state index contributed by atoms with van der Waals surface area (Å²) in [6.45, 7) is 12.1. The molecule has 1 fully saturated rings. The van der Waals surface area contributed by atoms with Gasteiger partial charge < -0.3 is 30.3 Å². The quantitative estimate of drug-likeness (QED) is 0.448. The predicted molar refractivity (Wildman–Crippen MR) is 153 cm³/mol. The molecule has 0 saturated heterocycles. The van der Waals surface area contributed by atoms with Crippen molar-refractivity contribution in [3.05, 3.63) is 53.2 Å². The summed E-state index contributed by atoms with van der Waals surface area (Å²) in [4.78, 5) is 33.6. The number of aromatic nitrogens is 1. The van der Waals surface area contributed by atoms with Crippen LogP contribution in [0.25, 0.3) is 0 Å². The van der Waals surface area contributed by atoms with E-state index >= 15 is 0 Å². The number of nitrogens with zero attached hydrogens (tertiary/aromatic N) is 3. The number of fused-ring (bicyclic) bond motifs is 1. The molecule has 1 aliphatic heterocycles. The summed E-state index contributed by atoms with van der Waals surface area (Å²) in [5.41, 5.74) is 2.78. The van der Waals surface area contributed by atoms with Crippen molar-refractivity contribution >= 4 is 23.5 Å². The van der Waals surface area contributed by atoms with E-state index < -0.39 is 17.9 Å². The average Bonchev–Trinajstić information content (AvgIpc) is 3.69. The number of hydrogen-bond donors (Lipinski definition) is 3. The third-order valence-corrected chi connectivity index (χ3v) is 7.43. The Morgan fingerprint density at radius 3 is 2.56 bits per heavy atom. The zero-order chi connectivity index (χ0) is 28.5. The van der Waals surface area contributed by atoms with Gasteiger partial charge in [0.1, 0.15) is 17.6 Å². The number of amides is 2. The number of aliphatic hydroxyl groups excluding tert-OH is 1. The Labute approximate surface area is 231 Å². The Morgan fingerprint density at radius 2 is 1.95 bits per heavy atom. The lowest BCUT2D eigenvalue weighted by Crippen LogP contribution is -2.53. The van der Waals surface area contributed by atoms with Crippen LogP contribution in [0.3, 0.4) is 0 Å². The molecule has 1 aromatic carbocycles. The highest BCUT2D eigenvalue weighted by molar-refractivity contribution is 5.95. The lowest BCUT2D eigenvalue weighted by atomic mass is 9.79. The number of carbonyl (C=O) groups excluding carboxylic acids is 2. The molecule has 2 aliphatic rings. The van der Waals surface area contributed by atoms with Gasteiger partial charge in [0, 0.05) is 49.0 Å². The Kier molecular flexibility index (Phi) is 8.39. The van der Waals surface area contributed by atoms with Crippen molar-refractivity contribution in [1.82, 2.24) is 15.2 Å². The lowest BCUT2D eigenvalue weighted by molar-refractivity contribution is 0.0299. The first kappa shape index (κ1) is 28.7. The standard InChI is InChI=1S/C30H43N5O4/c1-18-9-8-10-25(32-18)33-26-19(2)27(21-11-12-21)35(20(3)36)24-14-13-22(17-23(24)26)28(37)31-15-16-34(7)29(38)39-30(4,5)6/h8-10,13-14,17,19-21,26-27,36H,11-12,15-16H2,1-7H3,(H,31,37)(H,32,33)/t19-,20?,26-,27-/m1/s1. The Morgan fingerprint density at radius 1 is 1.23 bits per heavy atom. The van der Waals surface area contributed by atoms with Gasteiger partial charge in [0.25, 0.3) is 5.91 Å². The van der Waals surface area contributed by atoms with Gasteiger partial charge >= 0.3 is 6.09 Å². The Balaban J connectivity index is 1.56. The van der Waals surface area contributed by atoms with Crippen LogP contribution in [0.15, 0.2) is 36.4 Å². The van der Waals surface area contributed by atoms with Crippen molar-refractivity contribution in [3.63, 3.8) is 0 Å². The molecule has 4 rings (SSSR count). The normalized spacial score (nSPS) is 21.5. The minimum atomic E-state index is -0.655. The molecule has 2 heterocycles. The fraction of sp³-hybridized carbons (Fsp3) is 0.567. The van der Waals surface area contributed by atoms with E-state index in [0.29, 0.717) is 24.6 Å². The minimum absolute atomic E-state index is 0.0825. The second-order valence-corrected chi connectivity index (χ2v) is 11.9. The van der Waals surface area contributed by atoms with Gasteiger partial charge in [-0.15, -0.1) is 0 Å². The third-order valence-electron chi connectivity index (χ3n) is 7.43. The zero-order valence-corrected chi connectivity index (χ0v) is 24.2. The van der Waals surface area contributed by atoms with Crippen LogP contribution in [0.4, 0.5) is 16.3 Å². The van der Waals surface area contributed by atoms with Gasteiger partial charge in [0.05, 0.1) is 6.04 Å². The maximum atomic E-state index is 13.2. The van der Waals surface area contributed by atoms with E-state index in [9.17, 15) is 14.7 Å². The summed E-state index contributed by atoms with van der Waals surface area (Å²) >= 11 is 0. The highest BCUT2D eigenvalue weighted by Crippen LogP contribution is 2.50. The number of rotatable bonds is 8. The van der Waals surface area contributed by atoms with Crippen molar-refractivity contribution in [2.45, 2.75) is 78.3 Å². The summed E-state index contributed by atoms with van der Waals surface area (Å²) < 4.78 is 5.38. The summed E-state index contributed by atoms with van der Waals surface area (Å²) in [6, 6.07) is 11.7. The van der Waals surface area contributed by atoms with Crippen molar-refractivity contribution in [2.75, 3.05) is 30.4 Å². The highest BCUT2D eigenvalue weighted by Gasteiger charge is 2.47. The van der Waals surface area contributed by atoms with Gasteiger partial charge in [-0.05, 0) is 89.3 Å². The van der Waals surface area contributed by atoms with Crippen molar-refractivity contribution < 1.29 is 19.4 Å². The van der Waals surface area contributed by atoms with Gasteiger partial charge in [-0.1, -0.05) is 13.0 Å². The number of benzene rings is 1. The second kappa shape index (κ2) is 11.4. The Bertz CT molecular complexity index is 1190. The molecule has 1 aromatic heterocycles. The molecule has 1 saturated carbocycles. The summed E-state index contributed by atoms with van der Waals surface area (Å²) in [5, 5.41) is 17.4. The average molecular weight is 538 g/mol. The smallest absolute Gasteiger partial charge is 0.410 e. The molecule has 9 heteroatoms. The van der Waals surface area contributed by atoms with E-state index in [1.54, 1.807) is 7.05 Å². The van der Waals surface area contributed by atoms with Gasteiger partial charge in [-0.2, -0.15) is 0 Å². The molecule has 2 amide bonds. The molecule has 1 unspecified atom stereocenters. The molecule has 39 heavy (non-hydrogen) atoms. The summed E-state index contributed by atoms with van der Waals surface area (Å²) in [7, 11) is 1.65. The molecule has 0 spiro atoms. The number of nitrogens with one attached hydrogen (secondary N) is 2. The lowest BCUT2D eigenvalue weighted by Gasteiger charge is -2.48. The van der Waals surface area contributed by atoms with E-state index in [2.05, 4.69) is 27.4 Å². The largest absolute Gasteiger partial charge is 0.444 e. The van der Waals surface area contributed by atoms with E-state index in [-0.39, 0.29) is 23.9 Å². The molecule has 3 N–H and O–H groups in total. The number of likely N-dealkylation sites (N-methyl/N-ethyl adjacent to an activating group) is 1. The molecular formula is C30H43N5O4. The van der Waals surface area contributed by atoms with Crippen molar-refractivity contribution in [1.29, 1.82) is 0 Å². The van der Waals surface area contributed by atoms with E-state index in [1.165, 1.54) is 4.90 Å². The number of anilines is 2. The van der Waals surface area contributed by atoms with E-state index in [4.69, 9.17) is 4.74 Å². The van der Waals surface area contributed by atoms with Crippen LogP contribution in [0, 0.1) is 18.8 Å². The van der Waals surface area contributed by atoms with Crippen LogP contribution < -0.4 is 15.5 Å². The van der Waals surface area contributed by atoms with Crippen molar-refractivity contribution in [2.24, 2.45) is 11.8 Å². The maximum Gasteiger partial charge on any atom is 0.410 e.